The zero-order chi connectivity index (χ0) is 10.7. The molecule has 1 aromatic rings. The molecule has 0 unspecified atom stereocenters. The molecule has 0 radical (unpaired) electrons. The molecule has 15 heavy (non-hydrogen) atoms. The summed E-state index contributed by atoms with van der Waals surface area (Å²) in [6, 6.07) is 3.14. The Labute approximate surface area is 86.9 Å². The second-order valence-electron chi connectivity index (χ2n) is 3.13. The van der Waals surface area contributed by atoms with Crippen LogP contribution in [0, 0.1) is 5.82 Å². The number of ether oxygens (including phenoxy) is 2. The van der Waals surface area contributed by atoms with Gasteiger partial charge in [-0.15, -0.1) is 0 Å². The number of halogens is 1. The lowest BCUT2D eigenvalue weighted by molar-refractivity contribution is 0.0864. The lowest BCUT2D eigenvalue weighted by Gasteiger charge is -2.19. The maximum Gasteiger partial charge on any atom is 0.197 e. The van der Waals surface area contributed by atoms with Crippen molar-refractivity contribution in [3.05, 3.63) is 23.5 Å². The fourth-order valence-corrected chi connectivity index (χ4v) is 1.42. The standard InChI is InChI=1S/C10H12FNO3/c1-13-12-6-7-4-8(11)10-9(5-7)14-2-3-15-10/h4-5,12H,2-3,6H2,1H3. The van der Waals surface area contributed by atoms with Crippen LogP contribution in [0.15, 0.2) is 12.1 Å². The molecule has 0 bridgehead atoms. The van der Waals surface area contributed by atoms with Gasteiger partial charge in [-0.25, -0.2) is 4.39 Å². The monoisotopic (exact) mass is 213 g/mol. The summed E-state index contributed by atoms with van der Waals surface area (Å²) in [6.45, 7) is 1.26. The van der Waals surface area contributed by atoms with E-state index in [0.717, 1.165) is 5.56 Å². The molecule has 5 heteroatoms. The van der Waals surface area contributed by atoms with Crippen molar-refractivity contribution < 1.29 is 18.7 Å². The Morgan fingerprint density at radius 3 is 3.00 bits per heavy atom. The highest BCUT2D eigenvalue weighted by Gasteiger charge is 2.17. The van der Waals surface area contributed by atoms with Crippen molar-refractivity contribution >= 4 is 0 Å². The lowest BCUT2D eigenvalue weighted by atomic mass is 10.2. The van der Waals surface area contributed by atoms with Crippen LogP contribution >= 0.6 is 0 Å². The van der Waals surface area contributed by atoms with E-state index in [1.807, 2.05) is 0 Å². The van der Waals surface area contributed by atoms with Crippen molar-refractivity contribution in [1.82, 2.24) is 5.48 Å². The number of hydrogen-bond acceptors (Lipinski definition) is 4. The Bertz CT molecular complexity index is 357. The average molecular weight is 213 g/mol. The molecule has 4 nitrogen and oxygen atoms in total. The second-order valence-corrected chi connectivity index (χ2v) is 3.13. The molecule has 1 heterocycles. The minimum absolute atomic E-state index is 0.197. The molecular weight excluding hydrogens is 201 g/mol. The Morgan fingerprint density at radius 2 is 2.20 bits per heavy atom. The summed E-state index contributed by atoms with van der Waals surface area (Å²) >= 11 is 0. The first-order chi connectivity index (χ1) is 7.31. The minimum Gasteiger partial charge on any atom is -0.486 e. The Balaban J connectivity index is 2.24. The number of nitrogens with one attached hydrogen (secondary N) is 1. The summed E-state index contributed by atoms with van der Waals surface area (Å²) < 4.78 is 23.9. The van der Waals surface area contributed by atoms with Gasteiger partial charge in [-0.2, -0.15) is 5.48 Å². The maximum absolute atomic E-state index is 13.5. The van der Waals surface area contributed by atoms with E-state index >= 15 is 0 Å². The number of rotatable bonds is 3. The van der Waals surface area contributed by atoms with Gasteiger partial charge in [-0.05, 0) is 17.7 Å². The van der Waals surface area contributed by atoms with Crippen LogP contribution in [0.4, 0.5) is 4.39 Å². The molecule has 0 saturated heterocycles. The molecule has 0 fully saturated rings. The molecular formula is C10H12FNO3. The van der Waals surface area contributed by atoms with Crippen LogP contribution in [-0.4, -0.2) is 20.3 Å². The van der Waals surface area contributed by atoms with Crippen LogP contribution in [0.1, 0.15) is 5.56 Å². The van der Waals surface area contributed by atoms with Crippen LogP contribution in [-0.2, 0) is 11.4 Å². The summed E-state index contributed by atoms with van der Waals surface area (Å²) in [4.78, 5) is 4.69. The predicted octanol–water partition coefficient (Wildman–Crippen LogP) is 1.25. The van der Waals surface area contributed by atoms with Gasteiger partial charge < -0.3 is 14.3 Å². The highest BCUT2D eigenvalue weighted by atomic mass is 19.1. The number of hydrogen-bond donors (Lipinski definition) is 1. The smallest absolute Gasteiger partial charge is 0.197 e. The van der Waals surface area contributed by atoms with Crippen molar-refractivity contribution in [2.24, 2.45) is 0 Å². The third-order valence-electron chi connectivity index (χ3n) is 2.08. The Kier molecular flexibility index (Phi) is 3.03. The summed E-state index contributed by atoms with van der Waals surface area (Å²) in [5.74, 6) is 0.247. The molecule has 0 saturated carbocycles. The molecule has 1 aliphatic rings. The summed E-state index contributed by atoms with van der Waals surface area (Å²) in [5, 5.41) is 0. The van der Waals surface area contributed by atoms with E-state index in [1.54, 1.807) is 6.07 Å². The van der Waals surface area contributed by atoms with Crippen LogP contribution in [0.25, 0.3) is 0 Å². The van der Waals surface area contributed by atoms with Gasteiger partial charge in [0.15, 0.2) is 17.3 Å². The van der Waals surface area contributed by atoms with Gasteiger partial charge in [-0.1, -0.05) is 0 Å². The van der Waals surface area contributed by atoms with E-state index in [-0.39, 0.29) is 5.75 Å². The molecule has 1 aromatic carbocycles. The first-order valence-corrected chi connectivity index (χ1v) is 4.65. The summed E-state index contributed by atoms with van der Waals surface area (Å²) in [7, 11) is 1.51. The third kappa shape index (κ3) is 2.19. The van der Waals surface area contributed by atoms with E-state index in [9.17, 15) is 4.39 Å². The van der Waals surface area contributed by atoms with Crippen LogP contribution < -0.4 is 15.0 Å². The molecule has 0 aromatic heterocycles. The molecule has 1 N–H and O–H groups in total. The van der Waals surface area contributed by atoms with Crippen molar-refractivity contribution in [1.29, 1.82) is 0 Å². The zero-order valence-electron chi connectivity index (χ0n) is 8.38. The molecule has 0 amide bonds. The van der Waals surface area contributed by atoms with Crippen molar-refractivity contribution in [3.8, 4) is 11.5 Å². The number of benzene rings is 1. The van der Waals surface area contributed by atoms with E-state index < -0.39 is 5.82 Å². The normalized spacial score (nSPS) is 14.0. The first kappa shape index (κ1) is 10.2. The van der Waals surface area contributed by atoms with Gasteiger partial charge in [0.05, 0.1) is 7.11 Å². The van der Waals surface area contributed by atoms with Gasteiger partial charge in [0.25, 0.3) is 0 Å². The van der Waals surface area contributed by atoms with Crippen LogP contribution in [0.2, 0.25) is 0 Å². The van der Waals surface area contributed by atoms with Gasteiger partial charge in [0, 0.05) is 6.54 Å². The summed E-state index contributed by atoms with van der Waals surface area (Å²) in [6.07, 6.45) is 0. The van der Waals surface area contributed by atoms with Crippen molar-refractivity contribution in [2.75, 3.05) is 20.3 Å². The molecule has 2 rings (SSSR count). The highest BCUT2D eigenvalue weighted by molar-refractivity contribution is 5.45. The van der Waals surface area contributed by atoms with Gasteiger partial charge in [0.2, 0.25) is 0 Å². The topological polar surface area (TPSA) is 39.7 Å². The molecule has 0 spiro atoms. The van der Waals surface area contributed by atoms with E-state index in [4.69, 9.17) is 9.47 Å². The van der Waals surface area contributed by atoms with Crippen LogP contribution in [0.3, 0.4) is 0 Å². The number of hydroxylamine groups is 1. The second kappa shape index (κ2) is 4.46. The molecule has 0 atom stereocenters. The van der Waals surface area contributed by atoms with Crippen molar-refractivity contribution in [3.63, 3.8) is 0 Å². The fraction of sp³-hybridized carbons (Fsp3) is 0.400. The third-order valence-corrected chi connectivity index (χ3v) is 2.08. The average Bonchev–Trinajstić information content (AvgIpc) is 2.26. The fourth-order valence-electron chi connectivity index (χ4n) is 1.42. The predicted molar refractivity (Wildman–Crippen MR) is 51.2 cm³/mol. The van der Waals surface area contributed by atoms with Gasteiger partial charge in [0.1, 0.15) is 13.2 Å². The van der Waals surface area contributed by atoms with Crippen LogP contribution in [0.5, 0.6) is 11.5 Å². The SMILES string of the molecule is CONCc1cc(F)c2c(c1)OCCO2. The van der Waals surface area contributed by atoms with E-state index in [2.05, 4.69) is 10.3 Å². The minimum atomic E-state index is -0.403. The number of fused-ring (bicyclic) bond motifs is 1. The Hall–Kier alpha value is -1.33. The first-order valence-electron chi connectivity index (χ1n) is 4.65. The maximum atomic E-state index is 13.5. The molecule has 0 aliphatic carbocycles. The van der Waals surface area contributed by atoms with E-state index in [0.29, 0.717) is 25.5 Å². The molecule has 82 valence electrons. The lowest BCUT2D eigenvalue weighted by Crippen LogP contribution is -2.17. The van der Waals surface area contributed by atoms with Gasteiger partial charge in [-0.3, -0.25) is 0 Å². The summed E-state index contributed by atoms with van der Waals surface area (Å²) in [5.41, 5.74) is 3.38. The van der Waals surface area contributed by atoms with E-state index in [1.165, 1.54) is 13.2 Å². The molecule has 1 aliphatic heterocycles. The quantitative estimate of drug-likeness (QED) is 0.767. The Morgan fingerprint density at radius 1 is 1.40 bits per heavy atom. The largest absolute Gasteiger partial charge is 0.486 e. The van der Waals surface area contributed by atoms with Crippen molar-refractivity contribution in [2.45, 2.75) is 6.54 Å². The zero-order valence-corrected chi connectivity index (χ0v) is 8.38. The van der Waals surface area contributed by atoms with Gasteiger partial charge >= 0.3 is 0 Å². The highest BCUT2D eigenvalue weighted by Crippen LogP contribution is 2.33.